The maximum atomic E-state index is 12.2. The molecule has 1 saturated heterocycles. The van der Waals surface area contributed by atoms with Crippen molar-refractivity contribution in [2.24, 2.45) is 5.92 Å². The SMILES string of the molecule is N#Cc1cccc(NC(=O)Nc2ccc(CN3CCC(Cc4ccccc4)CC3)cc2)c1. The van der Waals surface area contributed by atoms with Crippen molar-refractivity contribution in [1.29, 1.82) is 5.26 Å². The van der Waals surface area contributed by atoms with Crippen LogP contribution in [-0.2, 0) is 13.0 Å². The Morgan fingerprint density at radius 1 is 0.875 bits per heavy atom. The number of hydrogen-bond donors (Lipinski definition) is 2. The van der Waals surface area contributed by atoms with Gasteiger partial charge in [0.1, 0.15) is 0 Å². The van der Waals surface area contributed by atoms with Gasteiger partial charge in [0.25, 0.3) is 0 Å². The van der Waals surface area contributed by atoms with Crippen LogP contribution >= 0.6 is 0 Å². The molecule has 0 unspecified atom stereocenters. The molecule has 2 amide bonds. The zero-order chi connectivity index (χ0) is 22.2. The predicted octanol–water partition coefficient (Wildman–Crippen LogP) is 5.66. The second-order valence-corrected chi connectivity index (χ2v) is 8.38. The topological polar surface area (TPSA) is 68.2 Å². The largest absolute Gasteiger partial charge is 0.323 e. The van der Waals surface area contributed by atoms with Crippen LogP contribution < -0.4 is 10.6 Å². The normalized spacial score (nSPS) is 14.5. The summed E-state index contributed by atoms with van der Waals surface area (Å²) in [5.41, 5.74) is 4.53. The summed E-state index contributed by atoms with van der Waals surface area (Å²) < 4.78 is 0. The van der Waals surface area contributed by atoms with Gasteiger partial charge in [-0.3, -0.25) is 4.90 Å². The third kappa shape index (κ3) is 6.19. The molecule has 1 aliphatic heterocycles. The van der Waals surface area contributed by atoms with Crippen molar-refractivity contribution in [3.8, 4) is 6.07 Å². The molecule has 0 saturated carbocycles. The first kappa shape index (κ1) is 21.6. The molecule has 1 fully saturated rings. The standard InChI is InChI=1S/C27H28N4O/c28-19-24-7-4-8-26(18-24)30-27(32)29-25-11-9-23(10-12-25)20-31-15-13-22(14-16-31)17-21-5-2-1-3-6-21/h1-12,18,22H,13-17,20H2,(H2,29,30,32). The van der Waals surface area contributed by atoms with Gasteiger partial charge in [-0.1, -0.05) is 48.5 Å². The lowest BCUT2D eigenvalue weighted by atomic mass is 9.90. The van der Waals surface area contributed by atoms with Crippen LogP contribution in [0.5, 0.6) is 0 Å². The predicted molar refractivity (Wildman–Crippen MR) is 128 cm³/mol. The van der Waals surface area contributed by atoms with Crippen molar-refractivity contribution in [2.45, 2.75) is 25.8 Å². The number of rotatable bonds is 6. The van der Waals surface area contributed by atoms with E-state index >= 15 is 0 Å². The molecular weight excluding hydrogens is 396 g/mol. The Hall–Kier alpha value is -3.62. The highest BCUT2D eigenvalue weighted by molar-refractivity contribution is 5.99. The van der Waals surface area contributed by atoms with E-state index < -0.39 is 0 Å². The molecule has 162 valence electrons. The summed E-state index contributed by atoms with van der Waals surface area (Å²) in [5.74, 6) is 0.771. The van der Waals surface area contributed by atoms with Crippen LogP contribution in [0.25, 0.3) is 0 Å². The van der Waals surface area contributed by atoms with Gasteiger partial charge >= 0.3 is 6.03 Å². The third-order valence-corrected chi connectivity index (χ3v) is 5.94. The number of nitrogens with one attached hydrogen (secondary N) is 2. The van der Waals surface area contributed by atoms with Gasteiger partial charge in [-0.05, 0) is 79.7 Å². The van der Waals surface area contributed by atoms with Crippen LogP contribution in [0.1, 0.15) is 29.5 Å². The molecule has 0 aliphatic carbocycles. The molecule has 5 nitrogen and oxygen atoms in total. The highest BCUT2D eigenvalue weighted by Gasteiger charge is 2.19. The molecule has 4 rings (SSSR count). The second kappa shape index (κ2) is 10.6. The van der Waals surface area contributed by atoms with Crippen molar-refractivity contribution in [3.05, 3.63) is 95.6 Å². The van der Waals surface area contributed by atoms with Crippen molar-refractivity contribution in [1.82, 2.24) is 4.90 Å². The van der Waals surface area contributed by atoms with E-state index in [4.69, 9.17) is 5.26 Å². The molecule has 1 heterocycles. The lowest BCUT2D eigenvalue weighted by molar-refractivity contribution is 0.177. The van der Waals surface area contributed by atoms with Crippen molar-refractivity contribution in [3.63, 3.8) is 0 Å². The third-order valence-electron chi connectivity index (χ3n) is 5.94. The molecule has 32 heavy (non-hydrogen) atoms. The van der Waals surface area contributed by atoms with Gasteiger partial charge in [-0.2, -0.15) is 5.26 Å². The fraction of sp³-hybridized carbons (Fsp3) is 0.259. The summed E-state index contributed by atoms with van der Waals surface area (Å²) >= 11 is 0. The maximum absolute atomic E-state index is 12.2. The Labute approximate surface area is 189 Å². The van der Waals surface area contributed by atoms with Crippen LogP contribution in [0, 0.1) is 17.2 Å². The van der Waals surface area contributed by atoms with Crippen molar-refractivity contribution >= 4 is 17.4 Å². The highest BCUT2D eigenvalue weighted by Crippen LogP contribution is 2.23. The monoisotopic (exact) mass is 424 g/mol. The number of likely N-dealkylation sites (tertiary alicyclic amines) is 1. The van der Waals surface area contributed by atoms with Crippen LogP contribution in [0.3, 0.4) is 0 Å². The number of anilines is 2. The Bertz CT molecular complexity index is 1060. The Balaban J connectivity index is 1.22. The van der Waals surface area contributed by atoms with Crippen LogP contribution in [-0.4, -0.2) is 24.0 Å². The summed E-state index contributed by atoms with van der Waals surface area (Å²) in [5, 5.41) is 14.6. The number of amides is 2. The zero-order valence-corrected chi connectivity index (χ0v) is 18.1. The van der Waals surface area contributed by atoms with E-state index in [-0.39, 0.29) is 6.03 Å². The Morgan fingerprint density at radius 2 is 1.59 bits per heavy atom. The number of carbonyl (C=O) groups excluding carboxylic acids is 1. The first-order chi connectivity index (χ1) is 15.7. The summed E-state index contributed by atoms with van der Waals surface area (Å²) in [7, 11) is 0. The van der Waals surface area contributed by atoms with Gasteiger partial charge in [0, 0.05) is 17.9 Å². The molecule has 1 aliphatic rings. The molecule has 2 N–H and O–H groups in total. The minimum absolute atomic E-state index is 0.326. The van der Waals surface area contributed by atoms with Crippen LogP contribution in [0.15, 0.2) is 78.9 Å². The number of urea groups is 1. The van der Waals surface area contributed by atoms with E-state index in [0.717, 1.165) is 31.2 Å². The van der Waals surface area contributed by atoms with E-state index in [0.29, 0.717) is 11.3 Å². The number of nitrogens with zero attached hydrogens (tertiary/aromatic N) is 2. The summed E-state index contributed by atoms with van der Waals surface area (Å²) in [4.78, 5) is 14.7. The van der Waals surface area contributed by atoms with E-state index in [2.05, 4.69) is 64.1 Å². The number of carbonyl (C=O) groups is 1. The highest BCUT2D eigenvalue weighted by atomic mass is 16.2. The fourth-order valence-corrected chi connectivity index (χ4v) is 4.21. The lowest BCUT2D eigenvalue weighted by Gasteiger charge is -2.32. The van der Waals surface area contributed by atoms with Gasteiger partial charge in [-0.25, -0.2) is 4.79 Å². The van der Waals surface area contributed by atoms with Gasteiger partial charge in [0.05, 0.1) is 11.6 Å². The minimum Gasteiger partial charge on any atom is -0.308 e. The molecule has 5 heteroatoms. The quantitative estimate of drug-likeness (QED) is 0.537. The molecule has 3 aromatic rings. The summed E-state index contributed by atoms with van der Waals surface area (Å²) in [6.07, 6.45) is 3.65. The van der Waals surface area contributed by atoms with E-state index in [1.54, 1.807) is 24.3 Å². The van der Waals surface area contributed by atoms with Crippen LogP contribution in [0.4, 0.5) is 16.2 Å². The van der Waals surface area contributed by atoms with E-state index in [9.17, 15) is 4.79 Å². The van der Waals surface area contributed by atoms with Gasteiger partial charge in [0.2, 0.25) is 0 Å². The number of hydrogen-bond acceptors (Lipinski definition) is 3. The molecule has 3 aromatic carbocycles. The van der Waals surface area contributed by atoms with Crippen LogP contribution in [0.2, 0.25) is 0 Å². The smallest absolute Gasteiger partial charge is 0.308 e. The molecule has 0 radical (unpaired) electrons. The zero-order valence-electron chi connectivity index (χ0n) is 18.1. The maximum Gasteiger partial charge on any atom is 0.323 e. The number of benzene rings is 3. The van der Waals surface area contributed by atoms with Gasteiger partial charge in [0.15, 0.2) is 0 Å². The van der Waals surface area contributed by atoms with E-state index in [1.807, 2.05) is 12.1 Å². The average molecular weight is 425 g/mol. The first-order valence-electron chi connectivity index (χ1n) is 11.1. The molecular formula is C27H28N4O. The average Bonchev–Trinajstić information content (AvgIpc) is 2.82. The molecule has 0 atom stereocenters. The van der Waals surface area contributed by atoms with Crippen molar-refractivity contribution < 1.29 is 4.79 Å². The second-order valence-electron chi connectivity index (χ2n) is 8.38. The lowest BCUT2D eigenvalue weighted by Crippen LogP contribution is -2.33. The van der Waals surface area contributed by atoms with Gasteiger partial charge in [-0.15, -0.1) is 0 Å². The number of piperidine rings is 1. The molecule has 0 spiro atoms. The Morgan fingerprint density at radius 3 is 2.31 bits per heavy atom. The van der Waals surface area contributed by atoms with Gasteiger partial charge < -0.3 is 10.6 Å². The summed E-state index contributed by atoms with van der Waals surface area (Å²) in [6.45, 7) is 3.19. The van der Waals surface area contributed by atoms with E-state index in [1.165, 1.54) is 30.4 Å². The minimum atomic E-state index is -0.326. The number of nitriles is 1. The molecule has 0 aromatic heterocycles. The first-order valence-corrected chi connectivity index (χ1v) is 11.1. The Kier molecular flexibility index (Phi) is 7.16. The summed E-state index contributed by atoms with van der Waals surface area (Å²) in [6, 6.07) is 27.4. The molecule has 0 bridgehead atoms. The van der Waals surface area contributed by atoms with Crippen molar-refractivity contribution in [2.75, 3.05) is 23.7 Å². The fourth-order valence-electron chi connectivity index (χ4n) is 4.21.